The minimum atomic E-state index is -0.951. The lowest BCUT2D eigenvalue weighted by atomic mass is 10.2. The van der Waals surface area contributed by atoms with Gasteiger partial charge < -0.3 is 10.6 Å². The third kappa shape index (κ3) is 4.11. The van der Waals surface area contributed by atoms with Crippen LogP contribution in [-0.4, -0.2) is 21.0 Å². The lowest BCUT2D eigenvalue weighted by molar-refractivity contribution is 0.511. The number of aromatic nitrogens is 3. The van der Waals surface area contributed by atoms with Crippen LogP contribution in [0.25, 0.3) is 11.3 Å². The molecule has 7 heteroatoms. The third-order valence-electron chi connectivity index (χ3n) is 3.90. The fourth-order valence-electron chi connectivity index (χ4n) is 2.31. The van der Waals surface area contributed by atoms with Crippen LogP contribution in [0.2, 0.25) is 0 Å². The van der Waals surface area contributed by atoms with E-state index in [4.69, 9.17) is 0 Å². The monoisotopic (exact) mass is 355 g/mol. The van der Waals surface area contributed by atoms with E-state index in [0.717, 1.165) is 18.1 Å². The molecule has 1 aromatic carbocycles. The fraction of sp³-hybridized carbons (Fsp3) is 0.211. The number of halogens is 2. The minimum Gasteiger partial charge on any atom is -0.352 e. The lowest BCUT2D eigenvalue weighted by Crippen LogP contribution is -2.16. The van der Waals surface area contributed by atoms with Crippen molar-refractivity contribution in [3.8, 4) is 11.3 Å². The molecule has 0 saturated heterocycles. The van der Waals surface area contributed by atoms with Crippen LogP contribution >= 0.6 is 0 Å². The average molecular weight is 355 g/mol. The summed E-state index contributed by atoms with van der Waals surface area (Å²) in [6, 6.07) is 9.45. The third-order valence-corrected chi connectivity index (χ3v) is 3.90. The molecule has 2 aromatic heterocycles. The Kier molecular flexibility index (Phi) is 5.36. The Labute approximate surface area is 150 Å². The van der Waals surface area contributed by atoms with E-state index in [9.17, 15) is 8.78 Å². The van der Waals surface area contributed by atoms with Crippen molar-refractivity contribution < 1.29 is 8.78 Å². The molecule has 0 aliphatic rings. The molecule has 0 saturated carbocycles. The van der Waals surface area contributed by atoms with Gasteiger partial charge in [0.1, 0.15) is 5.82 Å². The molecule has 134 valence electrons. The zero-order chi connectivity index (χ0) is 18.5. The number of rotatable bonds is 6. The molecule has 3 rings (SSSR count). The van der Waals surface area contributed by atoms with E-state index in [0.29, 0.717) is 17.5 Å². The van der Waals surface area contributed by atoms with Crippen LogP contribution in [0, 0.1) is 11.6 Å². The Morgan fingerprint density at radius 1 is 1.08 bits per heavy atom. The van der Waals surface area contributed by atoms with E-state index in [1.54, 1.807) is 18.5 Å². The summed E-state index contributed by atoms with van der Waals surface area (Å²) in [5.41, 5.74) is 1.50. The van der Waals surface area contributed by atoms with E-state index in [2.05, 4.69) is 25.6 Å². The summed E-state index contributed by atoms with van der Waals surface area (Å²) >= 11 is 0. The molecule has 0 amide bonds. The molecular formula is C19H19F2N5. The van der Waals surface area contributed by atoms with E-state index in [1.807, 2.05) is 26.0 Å². The van der Waals surface area contributed by atoms with Crippen LogP contribution in [-0.2, 0) is 0 Å². The van der Waals surface area contributed by atoms with Crippen LogP contribution in [0.15, 0.2) is 48.8 Å². The fourth-order valence-corrected chi connectivity index (χ4v) is 2.31. The van der Waals surface area contributed by atoms with Gasteiger partial charge in [0, 0.05) is 30.1 Å². The van der Waals surface area contributed by atoms with Crippen molar-refractivity contribution in [2.45, 2.75) is 26.3 Å². The van der Waals surface area contributed by atoms with Gasteiger partial charge in [0.05, 0.1) is 11.4 Å². The van der Waals surface area contributed by atoms with Crippen molar-refractivity contribution in [2.24, 2.45) is 0 Å². The van der Waals surface area contributed by atoms with Crippen LogP contribution in [0.4, 0.5) is 26.2 Å². The number of nitrogens with one attached hydrogen (secondary N) is 2. The first-order valence-corrected chi connectivity index (χ1v) is 8.34. The van der Waals surface area contributed by atoms with Gasteiger partial charge >= 0.3 is 0 Å². The predicted molar refractivity (Wildman–Crippen MR) is 98.3 cm³/mol. The summed E-state index contributed by atoms with van der Waals surface area (Å²) < 4.78 is 27.4. The quantitative estimate of drug-likeness (QED) is 0.667. The Bertz CT molecular complexity index is 886. The largest absolute Gasteiger partial charge is 0.352 e. The molecule has 0 fully saturated rings. The second kappa shape index (κ2) is 7.86. The lowest BCUT2D eigenvalue weighted by Gasteiger charge is -2.15. The first kappa shape index (κ1) is 17.7. The molecule has 2 heterocycles. The topological polar surface area (TPSA) is 62.7 Å². The van der Waals surface area contributed by atoms with Crippen molar-refractivity contribution in [1.29, 1.82) is 0 Å². The number of nitrogens with zero attached hydrogens (tertiary/aromatic N) is 3. The Hall–Kier alpha value is -3.09. The summed E-state index contributed by atoms with van der Waals surface area (Å²) in [6.07, 6.45) is 4.22. The normalized spacial score (nSPS) is 11.8. The number of anilines is 3. The van der Waals surface area contributed by atoms with Crippen molar-refractivity contribution in [2.75, 3.05) is 10.6 Å². The van der Waals surface area contributed by atoms with Gasteiger partial charge in [-0.15, -0.1) is 0 Å². The SMILES string of the molecule is CC[C@H](C)Nc1nc(Nc2cccc(F)c2F)cc(-c2ccncc2)n1. The maximum Gasteiger partial charge on any atom is 0.225 e. The molecule has 0 aliphatic heterocycles. The van der Waals surface area contributed by atoms with Gasteiger partial charge in [0.2, 0.25) is 5.95 Å². The highest BCUT2D eigenvalue weighted by Gasteiger charge is 2.12. The highest BCUT2D eigenvalue weighted by molar-refractivity contribution is 5.67. The smallest absolute Gasteiger partial charge is 0.225 e. The molecule has 0 unspecified atom stereocenters. The second-order valence-corrected chi connectivity index (χ2v) is 5.88. The molecule has 0 aliphatic carbocycles. The first-order valence-electron chi connectivity index (χ1n) is 8.34. The van der Waals surface area contributed by atoms with E-state index >= 15 is 0 Å². The summed E-state index contributed by atoms with van der Waals surface area (Å²) in [5, 5.41) is 6.04. The molecule has 2 N–H and O–H groups in total. The van der Waals surface area contributed by atoms with E-state index in [1.165, 1.54) is 12.1 Å². The summed E-state index contributed by atoms with van der Waals surface area (Å²) in [6.45, 7) is 4.06. The van der Waals surface area contributed by atoms with Gasteiger partial charge in [-0.3, -0.25) is 4.98 Å². The molecule has 26 heavy (non-hydrogen) atoms. The second-order valence-electron chi connectivity index (χ2n) is 5.88. The maximum atomic E-state index is 14.0. The van der Waals surface area contributed by atoms with Crippen LogP contribution in [0.5, 0.6) is 0 Å². The molecular weight excluding hydrogens is 336 g/mol. The van der Waals surface area contributed by atoms with Gasteiger partial charge in [0.15, 0.2) is 11.6 Å². The zero-order valence-corrected chi connectivity index (χ0v) is 14.5. The summed E-state index contributed by atoms with van der Waals surface area (Å²) in [5.74, 6) is -1.10. The van der Waals surface area contributed by atoms with E-state index in [-0.39, 0.29) is 11.7 Å². The predicted octanol–water partition coefficient (Wildman–Crippen LogP) is 4.77. The van der Waals surface area contributed by atoms with Gasteiger partial charge in [-0.25, -0.2) is 13.8 Å². The van der Waals surface area contributed by atoms with Crippen molar-refractivity contribution in [1.82, 2.24) is 15.0 Å². The Balaban J connectivity index is 2.00. The van der Waals surface area contributed by atoms with Crippen molar-refractivity contribution >= 4 is 17.5 Å². The van der Waals surface area contributed by atoms with Gasteiger partial charge in [-0.1, -0.05) is 13.0 Å². The molecule has 5 nitrogen and oxygen atoms in total. The van der Waals surface area contributed by atoms with Gasteiger partial charge in [-0.2, -0.15) is 4.98 Å². The molecule has 0 radical (unpaired) electrons. The van der Waals surface area contributed by atoms with Crippen LogP contribution < -0.4 is 10.6 Å². The Morgan fingerprint density at radius 3 is 2.58 bits per heavy atom. The first-order chi connectivity index (χ1) is 12.6. The number of benzene rings is 1. The molecule has 0 spiro atoms. The molecule has 1 atom stereocenters. The maximum absolute atomic E-state index is 14.0. The van der Waals surface area contributed by atoms with Crippen LogP contribution in [0.3, 0.4) is 0 Å². The van der Waals surface area contributed by atoms with Gasteiger partial charge in [0.25, 0.3) is 0 Å². The zero-order valence-electron chi connectivity index (χ0n) is 14.5. The molecule has 3 aromatic rings. The van der Waals surface area contributed by atoms with E-state index < -0.39 is 11.6 Å². The van der Waals surface area contributed by atoms with Crippen molar-refractivity contribution in [3.63, 3.8) is 0 Å². The number of pyridine rings is 1. The Morgan fingerprint density at radius 2 is 1.85 bits per heavy atom. The minimum absolute atomic E-state index is 0.0128. The summed E-state index contributed by atoms with van der Waals surface area (Å²) in [4.78, 5) is 12.9. The number of hydrogen-bond acceptors (Lipinski definition) is 5. The standard InChI is InChI=1S/C19H19F2N5/c1-3-12(2)23-19-25-16(13-7-9-22-10-8-13)11-17(26-19)24-15-6-4-5-14(20)18(15)21/h4-12H,3H2,1-2H3,(H2,23,24,25,26)/t12-/m0/s1. The average Bonchev–Trinajstić information content (AvgIpc) is 2.66. The van der Waals surface area contributed by atoms with Crippen molar-refractivity contribution in [3.05, 3.63) is 60.4 Å². The highest BCUT2D eigenvalue weighted by Crippen LogP contribution is 2.25. The van der Waals surface area contributed by atoms with Gasteiger partial charge in [-0.05, 0) is 37.6 Å². The van der Waals surface area contributed by atoms with Crippen LogP contribution in [0.1, 0.15) is 20.3 Å². The molecule has 0 bridgehead atoms. The summed E-state index contributed by atoms with van der Waals surface area (Å²) in [7, 11) is 0. The number of hydrogen-bond donors (Lipinski definition) is 2. The highest BCUT2D eigenvalue weighted by atomic mass is 19.2.